The monoisotopic (exact) mass is 2100 g/mol. The number of rotatable bonds is 35. The van der Waals surface area contributed by atoms with Crippen LogP contribution < -0.4 is 92.4 Å². The summed E-state index contributed by atoms with van der Waals surface area (Å²) in [5, 5.41) is 11.0. The van der Waals surface area contributed by atoms with Crippen LogP contribution in [0.3, 0.4) is 0 Å². The molecule has 0 amide bonds. The average Bonchev–Trinajstić information content (AvgIpc) is 1.55. The smallest absolute Gasteiger partial charge is 0.351 e. The zero-order chi connectivity index (χ0) is 96.2. The number of aryl methyl sites for hydroxylation is 5. The molecular weight excluding hydrogens is 2010 g/mol. The predicted octanol–water partition coefficient (Wildman–Crippen LogP) is -4.79. The number of aliphatic hydroxyl groups excluding tert-OH is 1. The third-order valence-electron chi connectivity index (χ3n) is 24.0. The molecule has 12 unspecified atom stereocenters. The summed E-state index contributed by atoms with van der Waals surface area (Å²) < 4.78 is 149. The number of nitrogens with one attached hydrogen (secondary N) is 4. The number of nitrogen functional groups attached to an aromatic ring is 3. The molecule has 9 aliphatic rings. The van der Waals surface area contributed by atoms with Gasteiger partial charge in [0.05, 0.1) is 82.6 Å². The standard InChI is InChI=1S/C67H89N17O37P6S6/c1-25-13-81(60(90)72-49(25)68)56-43-46(65(21-85,113-56)30(6)107-43)119-126(99,132)105-23-67-32(8)109-45(58(115-67)83-17-29(5)54(88)78-64(83)94)48(67)121-127(100,133)106-22-66-31(7)108-44(57(114-66)82-14-26(2)50(69)73-61(82)91)47(66)120-125(98,131)104-20-38-35(11-40(111-38)80-16-28(4)53(87)77-63(80)93)118-124(97,130)103-19-37-34(10-39(110-37)79-15-27(3)52(86)76-62(79)92)117-123(96,129)102-18-36-33(116-122(95,128)101-9)12-41(112-36)84-24-71-42-51(84)74-59(70)75-55(42)89/h13-17,24,30-41,43-48,56-58,85H,10-12,18-23H2,1-9H3,(H,95,128)(H,96,129)(H,97,130)(H,98,131)(H,99,132)(H,100,133)(H2,68,72,90)(H2,69,73,91)(H,76,86,92)(H,77,87,93)(H,78,88,94)(H3,70,74,75,89)/p-6/t30-,31-,32-,33?,34?,35?,36+,37+,38+,39+,40+,41+,43-,44-,45-,46?,47?,48?,56+,57+,58+,65-,66-,67-,122?,123?,124?,125?,126?,127?/m0/s1. The molecule has 6 bridgehead atoms. The minimum Gasteiger partial charge on any atom is -0.780 e. The fourth-order valence-electron chi connectivity index (χ4n) is 17.0. The van der Waals surface area contributed by atoms with Crippen molar-refractivity contribution < 1.29 is 131 Å². The van der Waals surface area contributed by atoms with E-state index in [4.69, 9.17) is 185 Å². The Hall–Kier alpha value is -5.70. The van der Waals surface area contributed by atoms with E-state index >= 15 is 9.46 Å². The average molecular weight is 2100 g/mol. The first kappa shape index (κ1) is 100. The summed E-state index contributed by atoms with van der Waals surface area (Å²) in [6, 6.07) is 0. The summed E-state index contributed by atoms with van der Waals surface area (Å²) >= 11 is 32.7. The molecule has 0 saturated carbocycles. The summed E-state index contributed by atoms with van der Waals surface area (Å²) in [5.41, 5.74) is 3.83. The highest BCUT2D eigenvalue weighted by molar-refractivity contribution is 8.32. The maximum absolute atomic E-state index is 15.4. The number of hydrogen-bond acceptors (Lipinski definition) is 50. The highest BCUT2D eigenvalue weighted by Crippen LogP contribution is 2.63. The van der Waals surface area contributed by atoms with Crippen molar-refractivity contribution in [1.82, 2.24) is 67.3 Å². The van der Waals surface area contributed by atoms with Crippen LogP contribution >= 0.6 is 40.4 Å². The van der Waals surface area contributed by atoms with Crippen molar-refractivity contribution in [2.75, 3.05) is 64.0 Å². The molecule has 0 radical (unpaired) electrons. The van der Waals surface area contributed by atoms with E-state index in [1.807, 2.05) is 0 Å². The molecule has 0 aromatic carbocycles. The normalized spacial score (nSPS) is 34.4. The second-order valence-electron chi connectivity index (χ2n) is 32.4. The van der Waals surface area contributed by atoms with E-state index in [1.54, 1.807) is 6.92 Å². The lowest BCUT2D eigenvalue weighted by atomic mass is 9.94. The highest BCUT2D eigenvalue weighted by Gasteiger charge is 2.72. The number of aromatic nitrogens is 14. The van der Waals surface area contributed by atoms with Crippen molar-refractivity contribution in [3.8, 4) is 0 Å². The number of hydrogen-bond donors (Lipinski definition) is 8. The van der Waals surface area contributed by atoms with Crippen molar-refractivity contribution in [3.05, 3.63) is 159 Å². The van der Waals surface area contributed by atoms with Gasteiger partial charge < -0.3 is 156 Å². The van der Waals surface area contributed by atoms with Crippen LogP contribution in [-0.4, -0.2) is 227 Å². The lowest BCUT2D eigenvalue weighted by Gasteiger charge is -2.42. The van der Waals surface area contributed by atoms with E-state index in [2.05, 4.69) is 39.9 Å². The van der Waals surface area contributed by atoms with E-state index in [0.717, 1.165) is 48.5 Å². The molecule has 16 rings (SSSR count). The number of anilines is 3. The highest BCUT2D eigenvalue weighted by atomic mass is 32.7. The van der Waals surface area contributed by atoms with Gasteiger partial charge in [-0.3, -0.25) is 71.1 Å². The van der Waals surface area contributed by atoms with Crippen molar-refractivity contribution >= 4 is 140 Å². The first-order chi connectivity index (χ1) is 62.3. The molecule has 7 aromatic heterocycles. The van der Waals surface area contributed by atoms with E-state index in [-0.39, 0.29) is 57.4 Å². The van der Waals surface area contributed by atoms with Crippen molar-refractivity contribution in [1.29, 1.82) is 0 Å². The van der Waals surface area contributed by atoms with Crippen molar-refractivity contribution in [2.24, 2.45) is 0 Å². The molecule has 66 heteroatoms. The molecule has 9 fully saturated rings. The number of nitrogens with zero attached hydrogens (tertiary/aromatic N) is 10. The molecule has 9 saturated heterocycles. The van der Waals surface area contributed by atoms with Gasteiger partial charge in [-0.15, -0.1) is 0 Å². The van der Waals surface area contributed by atoms with Crippen molar-refractivity contribution in [3.63, 3.8) is 0 Å². The number of ether oxygens (including phenoxy) is 9. The van der Waals surface area contributed by atoms with Crippen LogP contribution in [0.15, 0.2) is 80.5 Å². The molecule has 0 aliphatic carbocycles. The molecule has 16 heterocycles. The Morgan fingerprint density at radius 2 is 0.820 bits per heavy atom. The van der Waals surface area contributed by atoms with E-state index in [9.17, 15) is 67.8 Å². The van der Waals surface area contributed by atoms with Gasteiger partial charge in [0.2, 0.25) is 5.95 Å². The van der Waals surface area contributed by atoms with Crippen LogP contribution in [0, 0.1) is 34.6 Å². The minimum atomic E-state index is -5.26. The Kier molecular flexibility index (Phi) is 28.2. The minimum absolute atomic E-state index is 0.0115. The fourth-order valence-corrected chi connectivity index (χ4v) is 25.2. The maximum atomic E-state index is 15.4. The molecule has 11 N–H and O–H groups in total. The Labute approximate surface area is 777 Å². The maximum Gasteiger partial charge on any atom is 0.351 e. The van der Waals surface area contributed by atoms with Crippen molar-refractivity contribution in [2.45, 2.75) is 220 Å². The van der Waals surface area contributed by atoms with Crippen LogP contribution in [0.4, 0.5) is 17.6 Å². The van der Waals surface area contributed by atoms with Crippen LogP contribution in [-0.2, 0) is 173 Å². The summed E-state index contributed by atoms with van der Waals surface area (Å²) in [6.07, 6.45) is -25.1. The number of H-pyrrole nitrogens is 4. The zero-order valence-electron chi connectivity index (χ0n) is 70.4. The van der Waals surface area contributed by atoms with Gasteiger partial charge in [-0.25, -0.2) is 29.0 Å². The second-order valence-corrected chi connectivity index (χ2v) is 48.7. The first-order valence-corrected chi connectivity index (χ1v) is 55.3. The number of aromatic amines is 4. The number of aliphatic hydroxyl groups is 1. The Morgan fingerprint density at radius 3 is 1.26 bits per heavy atom. The van der Waals surface area contributed by atoms with Gasteiger partial charge in [-0.05, 0) is 55.4 Å². The van der Waals surface area contributed by atoms with Gasteiger partial charge in [0.1, 0.15) is 136 Å². The third kappa shape index (κ3) is 19.8. The van der Waals surface area contributed by atoms with E-state index < -0.39 is 289 Å². The molecular formula is C67H83N17O37P6S6-6. The van der Waals surface area contributed by atoms with Crippen LogP contribution in [0.25, 0.3) is 11.2 Å². The van der Waals surface area contributed by atoms with Crippen LogP contribution in [0.5, 0.6) is 0 Å². The van der Waals surface area contributed by atoms with Gasteiger partial charge in [-0.1, -0.05) is 59.0 Å². The molecule has 133 heavy (non-hydrogen) atoms. The lowest BCUT2D eigenvalue weighted by molar-refractivity contribution is -0.240. The van der Waals surface area contributed by atoms with Crippen LogP contribution in [0.1, 0.15) is 105 Å². The topological polar surface area (TPSA) is 722 Å². The first-order valence-electron chi connectivity index (χ1n) is 40.0. The van der Waals surface area contributed by atoms with Gasteiger partial charge in [-0.2, -0.15) is 15.0 Å². The number of nitrogens with two attached hydrogens (primary N) is 3. The lowest BCUT2D eigenvalue weighted by Crippen LogP contribution is -2.52. The Bertz CT molecular complexity index is 6670. The molecule has 54 nitrogen and oxygen atoms in total. The fraction of sp³-hybridized carbons (Fsp3) is 0.627. The van der Waals surface area contributed by atoms with Crippen LogP contribution in [0.2, 0.25) is 0 Å². The SMILES string of the molecule is COP([O-])(=S)OC1C[C@H](n2cnc3c(=O)[nH]c(N)nc32)O[C@@H]1COP([O-])(=S)OC1C[C@H](n2cc(C)c(=O)[nH]c2=O)O[C@@H]1COP([O-])(=S)OC1C[C@H](n2cc(C)c(=O)[nH]c2=O)O[C@@H]1COP([O-])(=S)OC1[C@@H]2O[C@@H](C)[C@]1(COP(=O)([S-])OC1[C@@H]3O[C@@H](C)[C@]1(COP([O-])(=S)OC1[C@@H]4O[C@@H](C)[C@]1(CO)O[C@H]4n1cc(C)c(N)nc1=O)O[C@H]3n1cc(C)c(=O)[nH]c1=O)O[C@H]2n1cc(C)c(N)nc1=O. The molecule has 730 valence electrons. The Balaban J connectivity index is 0.640. The third-order valence-corrected chi connectivity index (χ3v) is 33.3. The second kappa shape index (κ2) is 37.4. The number of fused-ring (bicyclic) bond motifs is 7. The van der Waals surface area contributed by atoms with E-state index in [0.29, 0.717) is 5.56 Å². The summed E-state index contributed by atoms with van der Waals surface area (Å²) in [6.45, 7) is -23.8. The van der Waals surface area contributed by atoms with Gasteiger partial charge in [0, 0.05) is 85.2 Å². The molecule has 30 atom stereocenters. The largest absolute Gasteiger partial charge is 0.780 e. The van der Waals surface area contributed by atoms with Gasteiger partial charge in [0.15, 0.2) is 36.6 Å². The summed E-state index contributed by atoms with van der Waals surface area (Å²) in [7, 11) is 1.03. The van der Waals surface area contributed by atoms with Gasteiger partial charge >= 0.3 is 28.4 Å². The summed E-state index contributed by atoms with van der Waals surface area (Å²) in [5.74, 6) is -0.561. The van der Waals surface area contributed by atoms with Gasteiger partial charge in [0.25, 0.3) is 22.2 Å². The number of imidazole rings is 1. The quantitative estimate of drug-likeness (QED) is 0.0137. The van der Waals surface area contributed by atoms with E-state index in [1.165, 1.54) is 71.8 Å². The Morgan fingerprint density at radius 1 is 0.466 bits per heavy atom. The molecule has 0 spiro atoms. The molecule has 7 aromatic rings. The summed E-state index contributed by atoms with van der Waals surface area (Å²) in [4.78, 5) is 216. The predicted molar refractivity (Wildman–Crippen MR) is 463 cm³/mol. The molecule has 9 aliphatic heterocycles. The zero-order valence-corrected chi connectivity index (χ0v) is 80.7.